The van der Waals surface area contributed by atoms with Crippen molar-refractivity contribution in [1.82, 2.24) is 4.13 Å². The van der Waals surface area contributed by atoms with Crippen molar-refractivity contribution in [2.75, 3.05) is 0 Å². The number of hydrogen-bond acceptors (Lipinski definition) is 4. The molecular formula is H2F2KNO4S2. The van der Waals surface area contributed by atoms with Crippen molar-refractivity contribution in [1.29, 1.82) is 0 Å². The van der Waals surface area contributed by atoms with E-state index in [-0.39, 0.29) is 55.5 Å². The first-order chi connectivity index (χ1) is 3.71. The van der Waals surface area contributed by atoms with Crippen molar-refractivity contribution in [3.05, 3.63) is 0 Å². The van der Waals surface area contributed by atoms with Crippen molar-refractivity contribution >= 4 is 72.2 Å². The zero-order chi connectivity index (χ0) is 7.71. The van der Waals surface area contributed by atoms with Gasteiger partial charge in [0.25, 0.3) is 0 Å². The van der Waals surface area contributed by atoms with E-state index in [2.05, 4.69) is 0 Å². The Balaban J connectivity index is 0. The van der Waals surface area contributed by atoms with E-state index in [1.54, 1.807) is 0 Å². The van der Waals surface area contributed by atoms with Crippen LogP contribution in [0.2, 0.25) is 0 Å². The Bertz CT molecular complexity index is 246. The van der Waals surface area contributed by atoms with Crippen LogP contribution in [0.4, 0.5) is 7.77 Å². The van der Waals surface area contributed by atoms with Gasteiger partial charge >= 0.3 is 72.2 Å². The van der Waals surface area contributed by atoms with Crippen molar-refractivity contribution in [3.8, 4) is 0 Å². The van der Waals surface area contributed by atoms with Crippen LogP contribution in [0.1, 0.15) is 0 Å². The Hall–Kier alpha value is 1.36. The van der Waals surface area contributed by atoms with E-state index in [4.69, 9.17) is 0 Å². The van der Waals surface area contributed by atoms with Crippen LogP contribution in [-0.2, 0) is 20.8 Å². The average molecular weight is 221 g/mol. The fourth-order valence-corrected chi connectivity index (χ4v) is 1.07. The van der Waals surface area contributed by atoms with Gasteiger partial charge in [-0.05, 0) is 0 Å². The van der Waals surface area contributed by atoms with Crippen LogP contribution in [0.15, 0.2) is 0 Å². The third-order valence-electron chi connectivity index (χ3n) is 0.199. The molecule has 58 valence electrons. The quantitative estimate of drug-likeness (QED) is 0.448. The van der Waals surface area contributed by atoms with Crippen molar-refractivity contribution in [2.45, 2.75) is 0 Å². The first-order valence-electron chi connectivity index (χ1n) is 1.38. The number of rotatable bonds is 2. The minimum absolute atomic E-state index is 0. The summed E-state index contributed by atoms with van der Waals surface area (Å²) in [7, 11) is -11.0. The molecule has 0 aliphatic rings. The maximum atomic E-state index is 11.1. The molecule has 0 amide bonds. The Morgan fingerprint density at radius 3 is 1.10 bits per heavy atom. The third-order valence-corrected chi connectivity index (χ3v) is 1.79. The standard InChI is InChI=1S/F2HNO4S2.K.H/c1-8(4,5)3-9(2,6)7;;/h3H;;. The summed E-state index contributed by atoms with van der Waals surface area (Å²) in [5, 5.41) is 0. The van der Waals surface area contributed by atoms with E-state index < -0.39 is 20.8 Å². The van der Waals surface area contributed by atoms with Crippen LogP contribution >= 0.6 is 0 Å². The summed E-state index contributed by atoms with van der Waals surface area (Å²) in [6.45, 7) is 0. The summed E-state index contributed by atoms with van der Waals surface area (Å²) in [6, 6.07) is 0. The van der Waals surface area contributed by atoms with E-state index in [1.807, 2.05) is 0 Å². The van der Waals surface area contributed by atoms with Crippen molar-refractivity contribution in [2.24, 2.45) is 0 Å². The first kappa shape index (κ1) is 13.9. The second-order valence-corrected chi connectivity index (χ2v) is 3.38. The summed E-state index contributed by atoms with van der Waals surface area (Å²) in [5.41, 5.74) is 0. The molecule has 0 saturated heterocycles. The number of nitrogens with one attached hydrogen (secondary N) is 1. The van der Waals surface area contributed by atoms with E-state index in [1.165, 1.54) is 0 Å². The van der Waals surface area contributed by atoms with Gasteiger partial charge < -0.3 is 0 Å². The molecule has 0 spiro atoms. The van der Waals surface area contributed by atoms with Crippen LogP contribution in [0.5, 0.6) is 0 Å². The molecule has 0 unspecified atom stereocenters. The molecule has 0 saturated carbocycles. The zero-order valence-corrected chi connectivity index (χ0v) is 5.34. The molecule has 5 nitrogen and oxygen atoms in total. The molecule has 0 aromatic heterocycles. The molecule has 0 rings (SSSR count). The normalized spacial score (nSPS) is 12.2. The average Bonchev–Trinajstić information content (AvgIpc) is 1.14. The van der Waals surface area contributed by atoms with Crippen molar-refractivity contribution in [3.63, 3.8) is 0 Å². The summed E-state index contributed by atoms with van der Waals surface area (Å²) in [6.07, 6.45) is 0. The van der Waals surface area contributed by atoms with Gasteiger partial charge in [-0.15, -0.1) is 0 Å². The monoisotopic (exact) mass is 221 g/mol. The molecule has 0 fully saturated rings. The van der Waals surface area contributed by atoms with Gasteiger partial charge in [0, 0.05) is 0 Å². The molecular weight excluding hydrogens is 219 g/mol. The molecule has 0 aliphatic heterocycles. The maximum absolute atomic E-state index is 11.1. The third kappa shape index (κ3) is 12.1. The number of hydrogen-bond donors (Lipinski definition) is 1. The first-order valence-corrected chi connectivity index (χ1v) is 4.15. The van der Waals surface area contributed by atoms with Gasteiger partial charge in [0.2, 0.25) is 0 Å². The molecule has 0 heterocycles. The SMILES string of the molecule is O=S(=O)(F)NS(=O)(=O)F.[KH]. The van der Waals surface area contributed by atoms with E-state index in [0.29, 0.717) is 0 Å². The van der Waals surface area contributed by atoms with E-state index in [9.17, 15) is 24.6 Å². The number of halogens is 2. The molecule has 1 N–H and O–H groups in total. The Labute approximate surface area is 99.3 Å². The molecule has 0 aliphatic carbocycles. The van der Waals surface area contributed by atoms with Gasteiger partial charge in [0.05, 0.1) is 0 Å². The van der Waals surface area contributed by atoms with Crippen LogP contribution in [-0.4, -0.2) is 68.2 Å². The second kappa shape index (κ2) is 4.40. The van der Waals surface area contributed by atoms with Gasteiger partial charge in [-0.25, -0.2) is 0 Å². The fraction of sp³-hybridized carbons (Fsp3) is 0. The van der Waals surface area contributed by atoms with E-state index in [0.717, 1.165) is 0 Å². The van der Waals surface area contributed by atoms with Gasteiger partial charge in [0.15, 0.2) is 0 Å². The topological polar surface area (TPSA) is 80.3 Å². The molecule has 0 atom stereocenters. The molecule has 0 radical (unpaired) electrons. The Morgan fingerprint density at radius 2 is 1.10 bits per heavy atom. The summed E-state index contributed by atoms with van der Waals surface area (Å²) in [5.74, 6) is 0. The second-order valence-electron chi connectivity index (χ2n) is 0.959. The molecule has 0 bridgehead atoms. The van der Waals surface area contributed by atoms with Gasteiger partial charge in [-0.1, -0.05) is 11.9 Å². The molecule has 10 heavy (non-hydrogen) atoms. The summed E-state index contributed by atoms with van der Waals surface area (Å²) < 4.78 is 59.3. The van der Waals surface area contributed by atoms with Gasteiger partial charge in [0.1, 0.15) is 0 Å². The van der Waals surface area contributed by atoms with Crippen molar-refractivity contribution < 1.29 is 24.6 Å². The molecule has 0 aromatic carbocycles. The fourth-order valence-electron chi connectivity index (χ4n) is 0.119. The molecule has 0 aromatic rings. The zero-order valence-electron chi connectivity index (χ0n) is 3.71. The van der Waals surface area contributed by atoms with Gasteiger partial charge in [-0.3, -0.25) is 0 Å². The Kier molecular flexibility index (Phi) is 6.12. The predicted molar refractivity (Wildman–Crippen MR) is 30.3 cm³/mol. The van der Waals surface area contributed by atoms with Crippen LogP contribution in [0, 0.1) is 0 Å². The van der Waals surface area contributed by atoms with Crippen LogP contribution in [0.3, 0.4) is 0 Å². The van der Waals surface area contributed by atoms with Gasteiger partial charge in [-0.2, -0.15) is 16.8 Å². The van der Waals surface area contributed by atoms with Crippen LogP contribution in [0.25, 0.3) is 0 Å². The molecule has 10 heteroatoms. The summed E-state index contributed by atoms with van der Waals surface area (Å²) in [4.78, 5) is 0. The summed E-state index contributed by atoms with van der Waals surface area (Å²) >= 11 is 0. The Morgan fingerprint density at radius 1 is 0.900 bits per heavy atom. The van der Waals surface area contributed by atoms with Crippen LogP contribution < -0.4 is 4.13 Å². The minimum atomic E-state index is -5.49. The van der Waals surface area contributed by atoms with E-state index >= 15 is 0 Å². The predicted octanol–water partition coefficient (Wildman–Crippen LogP) is -1.64.